The van der Waals surface area contributed by atoms with Gasteiger partial charge < -0.3 is 5.32 Å². The summed E-state index contributed by atoms with van der Waals surface area (Å²) in [5.41, 5.74) is 1.16. The number of rotatable bonds is 8. The molecule has 0 aliphatic carbocycles. The molecule has 1 aromatic carbocycles. The highest BCUT2D eigenvalue weighted by atomic mass is 32.2. The third-order valence-electron chi connectivity index (χ3n) is 4.91. The van der Waals surface area contributed by atoms with E-state index in [-0.39, 0.29) is 30.2 Å². The smallest absolute Gasteiger partial charge is 0.269 e. The quantitative estimate of drug-likeness (QED) is 0.237. The Morgan fingerprint density at radius 3 is 2.88 bits per heavy atom. The van der Waals surface area contributed by atoms with Crippen LogP contribution < -0.4 is 10.9 Å². The summed E-state index contributed by atoms with van der Waals surface area (Å²) in [6.45, 7) is 0.760. The Labute approximate surface area is 191 Å². The van der Waals surface area contributed by atoms with Crippen LogP contribution in [0.3, 0.4) is 0 Å². The number of fused-ring (bicyclic) bond motifs is 1. The van der Waals surface area contributed by atoms with Crippen LogP contribution >= 0.6 is 11.8 Å². The average Bonchev–Trinajstić information content (AvgIpc) is 3.24. The van der Waals surface area contributed by atoms with Crippen LogP contribution in [0.1, 0.15) is 15.9 Å². The molecule has 168 valence electrons. The first-order chi connectivity index (χ1) is 16.0. The molecule has 0 unspecified atom stereocenters. The largest absolute Gasteiger partial charge is 0.350 e. The molecule has 1 amide bonds. The molecule has 0 saturated carbocycles. The van der Waals surface area contributed by atoms with Gasteiger partial charge in [0.2, 0.25) is 0 Å². The van der Waals surface area contributed by atoms with Gasteiger partial charge in [0, 0.05) is 24.9 Å². The maximum Gasteiger partial charge on any atom is 0.269 e. The number of amides is 1. The molecule has 0 spiro atoms. The Hall–Kier alpha value is -4.06. The molecule has 0 fully saturated rings. The monoisotopic (exact) mass is 465 g/mol. The van der Waals surface area contributed by atoms with E-state index in [0.717, 1.165) is 0 Å². The predicted octanol–water partition coefficient (Wildman–Crippen LogP) is 2.10. The van der Waals surface area contributed by atoms with Crippen LogP contribution in [0.2, 0.25) is 0 Å². The van der Waals surface area contributed by atoms with Crippen LogP contribution in [-0.2, 0) is 13.1 Å². The molecule has 1 N–H and O–H groups in total. The third-order valence-corrected chi connectivity index (χ3v) is 5.63. The number of thioether (sulfide) groups is 1. The highest BCUT2D eigenvalue weighted by Gasteiger charge is 2.14. The zero-order valence-corrected chi connectivity index (χ0v) is 18.4. The molecular formula is C21H19N7O4S. The van der Waals surface area contributed by atoms with Crippen molar-refractivity contribution in [3.8, 4) is 0 Å². The highest BCUT2D eigenvalue weighted by molar-refractivity contribution is 7.98. The Bertz CT molecular complexity index is 1400. The van der Waals surface area contributed by atoms with Gasteiger partial charge in [-0.1, -0.05) is 12.1 Å². The van der Waals surface area contributed by atoms with E-state index in [1.54, 1.807) is 35.1 Å². The molecule has 4 rings (SSSR count). The summed E-state index contributed by atoms with van der Waals surface area (Å²) in [6, 6.07) is 9.52. The summed E-state index contributed by atoms with van der Waals surface area (Å²) in [6.07, 6.45) is 6.31. The normalized spacial score (nSPS) is 10.9. The first-order valence-corrected chi connectivity index (χ1v) is 11.1. The van der Waals surface area contributed by atoms with Crippen molar-refractivity contribution in [3.63, 3.8) is 0 Å². The lowest BCUT2D eigenvalue weighted by Gasteiger charge is -2.09. The van der Waals surface area contributed by atoms with E-state index in [2.05, 4.69) is 20.4 Å². The number of nitro groups is 1. The minimum Gasteiger partial charge on any atom is -0.350 e. The van der Waals surface area contributed by atoms with E-state index in [9.17, 15) is 19.7 Å². The van der Waals surface area contributed by atoms with Gasteiger partial charge in [0.05, 0.1) is 29.8 Å². The number of nitrogens with one attached hydrogen (secondary N) is 1. The minimum absolute atomic E-state index is 0.0413. The topological polar surface area (TPSA) is 138 Å². The average molecular weight is 465 g/mol. The highest BCUT2D eigenvalue weighted by Crippen LogP contribution is 2.17. The lowest BCUT2D eigenvalue weighted by Crippen LogP contribution is -2.28. The van der Waals surface area contributed by atoms with Gasteiger partial charge in [0.1, 0.15) is 16.7 Å². The number of aromatic nitrogens is 5. The van der Waals surface area contributed by atoms with Gasteiger partial charge in [0.15, 0.2) is 5.65 Å². The van der Waals surface area contributed by atoms with Gasteiger partial charge >= 0.3 is 0 Å². The first kappa shape index (κ1) is 22.1. The maximum atomic E-state index is 12.9. The summed E-state index contributed by atoms with van der Waals surface area (Å²) in [7, 11) is 0. The van der Waals surface area contributed by atoms with Gasteiger partial charge in [-0.15, -0.1) is 11.8 Å². The zero-order chi connectivity index (χ0) is 23.4. The second-order valence-corrected chi connectivity index (χ2v) is 7.82. The number of carbonyl (C=O) groups is 1. The molecule has 0 radical (unpaired) electrons. The molecule has 33 heavy (non-hydrogen) atoms. The molecule has 0 aliphatic heterocycles. The van der Waals surface area contributed by atoms with Crippen molar-refractivity contribution in [2.75, 3.05) is 12.8 Å². The zero-order valence-electron chi connectivity index (χ0n) is 17.5. The molecule has 0 aliphatic rings. The second-order valence-electron chi connectivity index (χ2n) is 7.03. The summed E-state index contributed by atoms with van der Waals surface area (Å²) >= 11 is 1.39. The van der Waals surface area contributed by atoms with Gasteiger partial charge in [-0.25, -0.2) is 14.6 Å². The van der Waals surface area contributed by atoms with Crippen LogP contribution in [0.4, 0.5) is 5.69 Å². The fourth-order valence-corrected chi connectivity index (χ4v) is 3.88. The predicted molar refractivity (Wildman–Crippen MR) is 122 cm³/mol. The molecular weight excluding hydrogens is 446 g/mol. The summed E-state index contributed by atoms with van der Waals surface area (Å²) in [5.74, 6) is -0.240. The van der Waals surface area contributed by atoms with Crippen molar-refractivity contribution in [3.05, 3.63) is 86.7 Å². The Kier molecular flexibility index (Phi) is 6.45. The van der Waals surface area contributed by atoms with Crippen molar-refractivity contribution < 1.29 is 9.72 Å². The van der Waals surface area contributed by atoms with Crippen LogP contribution in [0.5, 0.6) is 0 Å². The van der Waals surface area contributed by atoms with Crippen LogP contribution in [0.25, 0.3) is 11.0 Å². The number of hydrogen-bond acceptors (Lipinski definition) is 8. The van der Waals surface area contributed by atoms with E-state index in [1.807, 2.05) is 6.26 Å². The van der Waals surface area contributed by atoms with Gasteiger partial charge in [-0.3, -0.25) is 24.3 Å². The molecule has 12 heteroatoms. The van der Waals surface area contributed by atoms with Gasteiger partial charge in [-0.2, -0.15) is 5.10 Å². The SMILES string of the molecule is CSc1ncccc1C(=O)NCCn1ncc2c(=O)n(Cc3cccc([N+](=O)[O-])c3)cnc21. The number of hydrogen-bond donors (Lipinski definition) is 1. The molecule has 0 bridgehead atoms. The van der Waals surface area contributed by atoms with E-state index in [4.69, 9.17) is 0 Å². The fourth-order valence-electron chi connectivity index (χ4n) is 3.34. The number of nitrogens with zero attached hydrogens (tertiary/aromatic N) is 6. The molecule has 11 nitrogen and oxygen atoms in total. The minimum atomic E-state index is -0.479. The Morgan fingerprint density at radius 1 is 1.24 bits per heavy atom. The number of pyridine rings is 1. The van der Waals surface area contributed by atoms with Gasteiger partial charge in [-0.05, 0) is 24.0 Å². The van der Waals surface area contributed by atoms with Crippen LogP contribution in [0, 0.1) is 10.1 Å². The van der Waals surface area contributed by atoms with Crippen molar-refractivity contribution >= 4 is 34.4 Å². The Balaban J connectivity index is 1.47. The van der Waals surface area contributed by atoms with Crippen molar-refractivity contribution in [1.82, 2.24) is 29.6 Å². The van der Waals surface area contributed by atoms with Crippen LogP contribution in [0.15, 0.2) is 64.9 Å². The van der Waals surface area contributed by atoms with Crippen molar-refractivity contribution in [2.45, 2.75) is 18.1 Å². The lowest BCUT2D eigenvalue weighted by atomic mass is 10.2. The maximum absolute atomic E-state index is 12.9. The van der Waals surface area contributed by atoms with E-state index < -0.39 is 4.92 Å². The van der Waals surface area contributed by atoms with E-state index in [0.29, 0.717) is 33.7 Å². The van der Waals surface area contributed by atoms with Crippen LogP contribution in [-0.4, -0.2) is 47.9 Å². The molecule has 3 aromatic heterocycles. The fraction of sp³-hybridized carbons (Fsp3) is 0.190. The lowest BCUT2D eigenvalue weighted by molar-refractivity contribution is -0.384. The number of benzene rings is 1. The van der Waals surface area contributed by atoms with E-state index >= 15 is 0 Å². The standard InChI is InChI=1S/C21H19N7O4S/c1-33-20-16(6-3-7-23-20)19(29)22-8-9-27-18-17(11-25-27)21(30)26(13-24-18)12-14-4-2-5-15(10-14)28(31)32/h2-7,10-11,13H,8-9,12H2,1H3,(H,22,29). The number of carbonyl (C=O) groups excluding carboxylic acids is 1. The molecule has 3 heterocycles. The molecule has 0 saturated heterocycles. The third kappa shape index (κ3) is 4.75. The summed E-state index contributed by atoms with van der Waals surface area (Å²) < 4.78 is 2.93. The van der Waals surface area contributed by atoms with Crippen molar-refractivity contribution in [2.24, 2.45) is 0 Å². The van der Waals surface area contributed by atoms with E-state index in [1.165, 1.54) is 41.0 Å². The molecule has 0 atom stereocenters. The number of non-ortho nitro benzene ring substituents is 1. The number of nitro benzene ring substituents is 1. The van der Waals surface area contributed by atoms with Gasteiger partial charge in [0.25, 0.3) is 17.2 Å². The molecule has 4 aromatic rings. The second kappa shape index (κ2) is 9.61. The summed E-state index contributed by atoms with van der Waals surface area (Å²) in [4.78, 5) is 44.3. The Morgan fingerprint density at radius 2 is 2.09 bits per heavy atom. The first-order valence-electron chi connectivity index (χ1n) is 9.89. The van der Waals surface area contributed by atoms with Crippen molar-refractivity contribution in [1.29, 1.82) is 0 Å². The summed E-state index contributed by atoms with van der Waals surface area (Å²) in [5, 5.41) is 19.0.